The molecule has 2 amide bonds. The van der Waals surface area contributed by atoms with Crippen LogP contribution in [-0.4, -0.2) is 71.1 Å². The molecule has 7 heteroatoms. The Hall–Kier alpha value is -3.68. The van der Waals surface area contributed by atoms with Gasteiger partial charge in [0, 0.05) is 49.0 Å². The number of amides is 2. The molecule has 0 saturated carbocycles. The van der Waals surface area contributed by atoms with Crippen molar-refractivity contribution in [3.8, 4) is 16.9 Å². The number of hydrogen-bond donors (Lipinski definition) is 2. The molecular formula is C31H34N4O3. The van der Waals surface area contributed by atoms with Crippen LogP contribution in [0, 0.1) is 0 Å². The molecule has 0 aliphatic carbocycles. The molecule has 0 unspecified atom stereocenters. The van der Waals surface area contributed by atoms with Crippen molar-refractivity contribution in [2.24, 2.45) is 0 Å². The number of phenolic OH excluding ortho intramolecular Hbond substituents is 1. The first-order valence-electron chi connectivity index (χ1n) is 13.6. The molecular weight excluding hydrogens is 476 g/mol. The first-order valence-corrected chi connectivity index (χ1v) is 13.6. The highest BCUT2D eigenvalue weighted by Crippen LogP contribution is 2.41. The van der Waals surface area contributed by atoms with Gasteiger partial charge in [-0.15, -0.1) is 0 Å². The molecule has 2 aliphatic rings. The number of aryl methyl sites for hydroxylation is 1. The van der Waals surface area contributed by atoms with Crippen molar-refractivity contribution in [2.45, 2.75) is 32.2 Å². The lowest BCUT2D eigenvalue weighted by Crippen LogP contribution is -2.44. The third-order valence-corrected chi connectivity index (χ3v) is 8.11. The van der Waals surface area contributed by atoms with Crippen molar-refractivity contribution in [1.82, 2.24) is 19.7 Å². The molecule has 4 aromatic rings. The second-order valence-corrected chi connectivity index (χ2v) is 10.6. The topological polar surface area (TPSA) is 77.8 Å². The lowest BCUT2D eigenvalue weighted by Gasteiger charge is -2.32. The van der Waals surface area contributed by atoms with E-state index in [1.807, 2.05) is 42.5 Å². The summed E-state index contributed by atoms with van der Waals surface area (Å²) >= 11 is 0. The average molecular weight is 511 g/mol. The van der Waals surface area contributed by atoms with Crippen molar-refractivity contribution in [2.75, 3.05) is 39.8 Å². The van der Waals surface area contributed by atoms with Crippen LogP contribution in [0.4, 0.5) is 0 Å². The van der Waals surface area contributed by atoms with Crippen molar-refractivity contribution < 1.29 is 14.7 Å². The van der Waals surface area contributed by atoms with E-state index in [-0.39, 0.29) is 17.6 Å². The monoisotopic (exact) mass is 510 g/mol. The minimum absolute atomic E-state index is 0.145. The quantitative estimate of drug-likeness (QED) is 0.262. The predicted molar refractivity (Wildman–Crippen MR) is 151 cm³/mol. The maximum Gasteiger partial charge on any atom is 0.259 e. The number of rotatable bonds is 8. The van der Waals surface area contributed by atoms with Gasteiger partial charge in [-0.1, -0.05) is 43.2 Å². The average Bonchev–Trinajstić information content (AvgIpc) is 3.39. The van der Waals surface area contributed by atoms with Crippen molar-refractivity contribution in [1.29, 1.82) is 0 Å². The summed E-state index contributed by atoms with van der Waals surface area (Å²) in [4.78, 5) is 31.0. The maximum atomic E-state index is 13.1. The maximum absolute atomic E-state index is 13.1. The van der Waals surface area contributed by atoms with Gasteiger partial charge < -0.3 is 19.5 Å². The van der Waals surface area contributed by atoms with Crippen LogP contribution in [0.1, 0.15) is 46.4 Å². The van der Waals surface area contributed by atoms with E-state index in [4.69, 9.17) is 0 Å². The number of benzene rings is 3. The summed E-state index contributed by atoms with van der Waals surface area (Å²) in [6, 6.07) is 17.1. The number of likely N-dealkylation sites (N-methyl/N-ethyl adjacent to an activating group) is 1. The number of nitrogens with one attached hydrogen (secondary N) is 1. The van der Waals surface area contributed by atoms with E-state index in [0.29, 0.717) is 11.1 Å². The summed E-state index contributed by atoms with van der Waals surface area (Å²) in [6.45, 7) is 6.60. The largest absolute Gasteiger partial charge is 0.508 e. The lowest BCUT2D eigenvalue weighted by molar-refractivity contribution is 0.0880. The second-order valence-electron chi connectivity index (χ2n) is 10.6. The van der Waals surface area contributed by atoms with Gasteiger partial charge >= 0.3 is 0 Å². The number of aromatic nitrogens is 1. The van der Waals surface area contributed by atoms with Crippen molar-refractivity contribution >= 4 is 33.6 Å². The van der Waals surface area contributed by atoms with Gasteiger partial charge in [-0.2, -0.15) is 0 Å². The number of carbonyl (C=O) groups is 2. The number of piperazine rings is 1. The van der Waals surface area contributed by atoms with E-state index in [1.54, 1.807) is 12.1 Å². The highest BCUT2D eigenvalue weighted by molar-refractivity contribution is 6.32. The molecule has 38 heavy (non-hydrogen) atoms. The SMILES string of the molecule is CN1CCN(CCCCCCn2c3ccc(O)cc3c3c4c(c(-c5ccccc5)cc32)C(=O)NC4=O)CC1. The Labute approximate surface area is 222 Å². The van der Waals surface area contributed by atoms with Gasteiger partial charge in [0.25, 0.3) is 11.8 Å². The van der Waals surface area contributed by atoms with Gasteiger partial charge in [0.1, 0.15) is 5.75 Å². The van der Waals surface area contributed by atoms with Gasteiger partial charge in [0.05, 0.1) is 16.6 Å². The van der Waals surface area contributed by atoms with Gasteiger partial charge in [-0.25, -0.2) is 0 Å². The van der Waals surface area contributed by atoms with Crippen molar-refractivity contribution in [3.05, 3.63) is 65.7 Å². The van der Waals surface area contributed by atoms with Crippen LogP contribution < -0.4 is 5.32 Å². The molecule has 0 atom stereocenters. The third-order valence-electron chi connectivity index (χ3n) is 8.11. The van der Waals surface area contributed by atoms with Gasteiger partial charge in [0.15, 0.2) is 0 Å². The summed E-state index contributed by atoms with van der Waals surface area (Å²) in [5, 5.41) is 14.4. The second kappa shape index (κ2) is 10.2. The molecule has 0 bridgehead atoms. The molecule has 3 heterocycles. The van der Waals surface area contributed by atoms with E-state index >= 15 is 0 Å². The predicted octanol–water partition coefficient (Wildman–Crippen LogP) is 4.86. The fraction of sp³-hybridized carbons (Fsp3) is 0.355. The van der Waals surface area contributed by atoms with Gasteiger partial charge in [0.2, 0.25) is 0 Å². The summed E-state index contributed by atoms with van der Waals surface area (Å²) in [5.74, 6) is -0.600. The normalized spacial score (nSPS) is 16.4. The molecule has 1 saturated heterocycles. The van der Waals surface area contributed by atoms with E-state index in [9.17, 15) is 14.7 Å². The molecule has 2 aliphatic heterocycles. The number of fused-ring (bicyclic) bond motifs is 5. The molecule has 6 rings (SSSR count). The van der Waals surface area contributed by atoms with E-state index in [2.05, 4.69) is 26.7 Å². The Morgan fingerprint density at radius 1 is 0.789 bits per heavy atom. The number of aromatic hydroxyl groups is 1. The molecule has 2 N–H and O–H groups in total. The summed E-state index contributed by atoms with van der Waals surface area (Å²) in [7, 11) is 2.19. The Morgan fingerprint density at radius 2 is 1.50 bits per heavy atom. The Balaban J connectivity index is 1.32. The molecule has 7 nitrogen and oxygen atoms in total. The number of phenols is 1. The standard InChI is InChI=1S/C31H34N4O3/c1-33-15-17-34(18-16-33)13-7-2-3-8-14-35-25-12-11-22(36)19-24(25)27-26(35)20-23(21-9-5-4-6-10-21)28-29(27)31(38)32-30(28)37/h4-6,9-12,19-20,36H,2-3,7-8,13-18H2,1H3,(H,32,37,38). The molecule has 0 radical (unpaired) electrons. The van der Waals surface area contributed by atoms with Gasteiger partial charge in [-0.3, -0.25) is 14.9 Å². The first-order chi connectivity index (χ1) is 18.5. The Bertz CT molecular complexity index is 1520. The fourth-order valence-electron chi connectivity index (χ4n) is 6.05. The summed E-state index contributed by atoms with van der Waals surface area (Å²) < 4.78 is 2.26. The number of hydrogen-bond acceptors (Lipinski definition) is 5. The molecule has 0 spiro atoms. The minimum Gasteiger partial charge on any atom is -0.508 e. The first kappa shape index (κ1) is 24.6. The smallest absolute Gasteiger partial charge is 0.259 e. The zero-order valence-electron chi connectivity index (χ0n) is 21.9. The molecule has 196 valence electrons. The lowest BCUT2D eigenvalue weighted by atomic mass is 9.93. The van der Waals surface area contributed by atoms with E-state index in [0.717, 1.165) is 85.0 Å². The van der Waals surface area contributed by atoms with Crippen LogP contribution in [0.25, 0.3) is 32.9 Å². The number of imide groups is 1. The number of carbonyl (C=O) groups excluding carboxylic acids is 2. The Morgan fingerprint density at radius 3 is 2.26 bits per heavy atom. The molecule has 1 fully saturated rings. The van der Waals surface area contributed by atoms with Crippen LogP contribution in [-0.2, 0) is 6.54 Å². The van der Waals surface area contributed by atoms with Gasteiger partial charge in [-0.05, 0) is 61.8 Å². The van der Waals surface area contributed by atoms with Crippen molar-refractivity contribution in [3.63, 3.8) is 0 Å². The van der Waals surface area contributed by atoms with E-state index in [1.165, 1.54) is 12.8 Å². The molecule has 3 aromatic carbocycles. The van der Waals surface area contributed by atoms with Crippen LogP contribution in [0.2, 0.25) is 0 Å². The van der Waals surface area contributed by atoms with Crippen LogP contribution in [0.3, 0.4) is 0 Å². The van der Waals surface area contributed by atoms with Crippen LogP contribution in [0.15, 0.2) is 54.6 Å². The summed E-state index contributed by atoms with van der Waals surface area (Å²) in [6.07, 6.45) is 4.54. The zero-order chi connectivity index (χ0) is 26.2. The molecule has 1 aromatic heterocycles. The minimum atomic E-state index is -0.376. The third kappa shape index (κ3) is 4.46. The van der Waals surface area contributed by atoms with Crippen LogP contribution in [0.5, 0.6) is 5.75 Å². The fourth-order valence-corrected chi connectivity index (χ4v) is 6.05. The van der Waals surface area contributed by atoms with E-state index < -0.39 is 0 Å². The highest BCUT2D eigenvalue weighted by atomic mass is 16.3. The highest BCUT2D eigenvalue weighted by Gasteiger charge is 2.34. The number of nitrogens with zero attached hydrogens (tertiary/aromatic N) is 3. The summed E-state index contributed by atoms with van der Waals surface area (Å²) in [5.41, 5.74) is 4.38. The van der Waals surface area contributed by atoms with Crippen LogP contribution >= 0.6 is 0 Å². The zero-order valence-corrected chi connectivity index (χ0v) is 21.9. The Kier molecular flexibility index (Phi) is 6.64. The number of unbranched alkanes of at least 4 members (excludes halogenated alkanes) is 3.